The predicted octanol–water partition coefficient (Wildman–Crippen LogP) is 6.22. The fourth-order valence-corrected chi connectivity index (χ4v) is 2.76. The van der Waals surface area contributed by atoms with Gasteiger partial charge in [-0.25, -0.2) is 0 Å². The fraction of sp³-hybridized carbons (Fsp3) is 0.625. The van der Waals surface area contributed by atoms with Crippen LogP contribution in [0.1, 0.15) is 69.0 Å². The van der Waals surface area contributed by atoms with Crippen molar-refractivity contribution in [3.63, 3.8) is 0 Å². The van der Waals surface area contributed by atoms with Gasteiger partial charge < -0.3 is 5.73 Å². The molecule has 0 amide bonds. The Kier molecular flexibility index (Phi) is 7.74. The molecule has 0 saturated carbocycles. The van der Waals surface area contributed by atoms with E-state index in [1.807, 2.05) is 0 Å². The first-order valence-electron chi connectivity index (χ1n) is 7.48. The molecular formula is C16H23BrF3N. The highest BCUT2D eigenvalue weighted by Gasteiger charge is 2.34. The number of benzene rings is 1. The molecule has 0 fully saturated rings. The quantitative estimate of drug-likeness (QED) is 0.543. The van der Waals surface area contributed by atoms with E-state index in [-0.39, 0.29) is 5.56 Å². The standard InChI is InChI=1S/C16H23BrF3N/c1-2-3-4-5-6-7-8-15(21)13-10-9-12(17)11-14(13)16(18,19)20/h9-11,15H,2-8,21H2,1H3. The normalized spacial score (nSPS) is 13.4. The molecule has 0 bridgehead atoms. The maximum Gasteiger partial charge on any atom is 0.416 e. The number of hydrogen-bond donors (Lipinski definition) is 1. The Labute approximate surface area is 133 Å². The summed E-state index contributed by atoms with van der Waals surface area (Å²) in [4.78, 5) is 0. The molecule has 1 aromatic rings. The van der Waals surface area contributed by atoms with Crippen molar-refractivity contribution < 1.29 is 13.2 Å². The van der Waals surface area contributed by atoms with Crippen molar-refractivity contribution in [1.82, 2.24) is 0 Å². The molecule has 2 N–H and O–H groups in total. The van der Waals surface area contributed by atoms with Crippen LogP contribution in [0.4, 0.5) is 13.2 Å². The first kappa shape index (κ1) is 18.5. The van der Waals surface area contributed by atoms with Crippen LogP contribution < -0.4 is 5.73 Å². The molecule has 0 radical (unpaired) electrons. The van der Waals surface area contributed by atoms with Crippen LogP contribution in [-0.4, -0.2) is 0 Å². The van der Waals surface area contributed by atoms with Gasteiger partial charge in [-0.2, -0.15) is 13.2 Å². The van der Waals surface area contributed by atoms with Crippen LogP contribution in [0.15, 0.2) is 22.7 Å². The summed E-state index contributed by atoms with van der Waals surface area (Å²) in [6.07, 6.45) is 2.87. The van der Waals surface area contributed by atoms with Gasteiger partial charge in [-0.05, 0) is 24.1 Å². The summed E-state index contributed by atoms with van der Waals surface area (Å²) in [5, 5.41) is 0. The third kappa shape index (κ3) is 6.39. The number of rotatable bonds is 8. The number of nitrogens with two attached hydrogens (primary N) is 1. The van der Waals surface area contributed by atoms with E-state index in [1.54, 1.807) is 6.07 Å². The van der Waals surface area contributed by atoms with E-state index in [2.05, 4.69) is 22.9 Å². The summed E-state index contributed by atoms with van der Waals surface area (Å²) in [7, 11) is 0. The second-order valence-electron chi connectivity index (χ2n) is 5.39. The van der Waals surface area contributed by atoms with E-state index in [4.69, 9.17) is 5.73 Å². The minimum atomic E-state index is -4.36. The zero-order valence-corrected chi connectivity index (χ0v) is 13.9. The van der Waals surface area contributed by atoms with E-state index >= 15 is 0 Å². The van der Waals surface area contributed by atoms with E-state index in [0.717, 1.165) is 25.3 Å². The Bertz CT molecular complexity index is 432. The molecule has 1 nitrogen and oxygen atoms in total. The molecule has 1 atom stereocenters. The largest absolute Gasteiger partial charge is 0.416 e. The fourth-order valence-electron chi connectivity index (χ4n) is 2.40. The minimum Gasteiger partial charge on any atom is -0.324 e. The van der Waals surface area contributed by atoms with Gasteiger partial charge in [0.2, 0.25) is 0 Å². The highest BCUT2D eigenvalue weighted by Crippen LogP contribution is 2.36. The minimum absolute atomic E-state index is 0.194. The van der Waals surface area contributed by atoms with Gasteiger partial charge in [0, 0.05) is 10.5 Å². The number of halogens is 4. The lowest BCUT2D eigenvalue weighted by Gasteiger charge is -2.18. The zero-order chi connectivity index (χ0) is 15.9. The average Bonchev–Trinajstić information content (AvgIpc) is 2.41. The molecule has 0 heterocycles. The lowest BCUT2D eigenvalue weighted by molar-refractivity contribution is -0.138. The maximum atomic E-state index is 13.0. The highest BCUT2D eigenvalue weighted by molar-refractivity contribution is 9.10. The number of unbranched alkanes of at least 4 members (excludes halogenated alkanes) is 5. The first-order chi connectivity index (χ1) is 9.86. The molecule has 0 saturated heterocycles. The Morgan fingerprint density at radius 2 is 1.71 bits per heavy atom. The van der Waals surface area contributed by atoms with Crippen molar-refractivity contribution in [1.29, 1.82) is 0 Å². The summed E-state index contributed by atoms with van der Waals surface area (Å²) in [5.41, 5.74) is 5.53. The van der Waals surface area contributed by atoms with Crippen molar-refractivity contribution >= 4 is 15.9 Å². The summed E-state index contributed by atoms with van der Waals surface area (Å²) in [6, 6.07) is 3.65. The molecule has 21 heavy (non-hydrogen) atoms. The van der Waals surface area contributed by atoms with Crippen molar-refractivity contribution in [3.8, 4) is 0 Å². The lowest BCUT2D eigenvalue weighted by atomic mass is 9.96. The Balaban J connectivity index is 2.60. The molecule has 120 valence electrons. The third-order valence-electron chi connectivity index (χ3n) is 3.59. The number of alkyl halides is 3. The first-order valence-corrected chi connectivity index (χ1v) is 8.27. The molecule has 1 aromatic carbocycles. The van der Waals surface area contributed by atoms with Crippen LogP contribution in [0.3, 0.4) is 0 Å². The Morgan fingerprint density at radius 1 is 1.10 bits per heavy atom. The predicted molar refractivity (Wildman–Crippen MR) is 84.1 cm³/mol. The molecular weight excluding hydrogens is 343 g/mol. The van der Waals surface area contributed by atoms with Crippen molar-refractivity contribution in [2.45, 2.75) is 64.1 Å². The van der Waals surface area contributed by atoms with Gasteiger partial charge in [0.1, 0.15) is 0 Å². The van der Waals surface area contributed by atoms with Crippen LogP contribution in [-0.2, 0) is 6.18 Å². The summed E-state index contributed by atoms with van der Waals surface area (Å²) in [5.74, 6) is 0. The molecule has 0 aromatic heterocycles. The second-order valence-corrected chi connectivity index (χ2v) is 6.31. The monoisotopic (exact) mass is 365 g/mol. The number of hydrogen-bond acceptors (Lipinski definition) is 1. The maximum absolute atomic E-state index is 13.0. The van der Waals surface area contributed by atoms with Gasteiger partial charge in [0.15, 0.2) is 0 Å². The van der Waals surface area contributed by atoms with Gasteiger partial charge in [-0.1, -0.05) is 67.4 Å². The zero-order valence-electron chi connectivity index (χ0n) is 12.3. The van der Waals surface area contributed by atoms with Crippen LogP contribution >= 0.6 is 15.9 Å². The highest BCUT2D eigenvalue weighted by atomic mass is 79.9. The van der Waals surface area contributed by atoms with Crippen molar-refractivity contribution in [3.05, 3.63) is 33.8 Å². The summed E-state index contributed by atoms with van der Waals surface area (Å²) >= 11 is 3.08. The van der Waals surface area contributed by atoms with Gasteiger partial charge in [-0.3, -0.25) is 0 Å². The average molecular weight is 366 g/mol. The smallest absolute Gasteiger partial charge is 0.324 e. The van der Waals surface area contributed by atoms with Gasteiger partial charge in [0.25, 0.3) is 0 Å². The molecule has 0 aliphatic carbocycles. The Morgan fingerprint density at radius 3 is 2.33 bits per heavy atom. The second kappa shape index (κ2) is 8.79. The molecule has 0 spiro atoms. The van der Waals surface area contributed by atoms with Crippen LogP contribution in [0.2, 0.25) is 0 Å². The molecule has 1 unspecified atom stereocenters. The van der Waals surface area contributed by atoms with Crippen LogP contribution in [0, 0.1) is 0 Å². The van der Waals surface area contributed by atoms with Gasteiger partial charge >= 0.3 is 6.18 Å². The van der Waals surface area contributed by atoms with Gasteiger partial charge in [-0.15, -0.1) is 0 Å². The van der Waals surface area contributed by atoms with Crippen molar-refractivity contribution in [2.75, 3.05) is 0 Å². The Hall–Kier alpha value is -0.550. The van der Waals surface area contributed by atoms with E-state index in [9.17, 15) is 13.2 Å². The van der Waals surface area contributed by atoms with Crippen LogP contribution in [0.5, 0.6) is 0 Å². The molecule has 0 aliphatic rings. The molecule has 5 heteroatoms. The van der Waals surface area contributed by atoms with Crippen LogP contribution in [0.25, 0.3) is 0 Å². The lowest BCUT2D eigenvalue weighted by Crippen LogP contribution is -2.17. The van der Waals surface area contributed by atoms with Crippen molar-refractivity contribution in [2.24, 2.45) is 5.73 Å². The van der Waals surface area contributed by atoms with E-state index in [0.29, 0.717) is 10.9 Å². The molecule has 0 aliphatic heterocycles. The van der Waals surface area contributed by atoms with Gasteiger partial charge in [0.05, 0.1) is 5.56 Å². The summed E-state index contributed by atoms with van der Waals surface area (Å²) < 4.78 is 39.5. The SMILES string of the molecule is CCCCCCCCC(N)c1ccc(Br)cc1C(F)(F)F. The topological polar surface area (TPSA) is 26.0 Å². The van der Waals surface area contributed by atoms with E-state index < -0.39 is 17.8 Å². The molecule has 1 rings (SSSR count). The third-order valence-corrected chi connectivity index (χ3v) is 4.08. The van der Waals surface area contributed by atoms with E-state index in [1.165, 1.54) is 25.3 Å². The summed E-state index contributed by atoms with van der Waals surface area (Å²) in [6.45, 7) is 2.15.